The molecule has 0 fully saturated rings. The zero-order chi connectivity index (χ0) is 96.8. The number of fused-ring (bicyclic) bond motifs is 4. The van der Waals surface area contributed by atoms with Crippen LogP contribution in [0.25, 0.3) is 95.4 Å². The number of aryl methyl sites for hydroxylation is 1. The van der Waals surface area contributed by atoms with E-state index in [0.717, 1.165) is 211 Å². The monoisotopic (exact) mass is 1890 g/mol. The van der Waals surface area contributed by atoms with Crippen molar-refractivity contribution in [2.45, 2.75) is 86.0 Å². The summed E-state index contributed by atoms with van der Waals surface area (Å²) in [5.74, 6) is -1.88. The summed E-state index contributed by atoms with van der Waals surface area (Å²) in [6, 6.07) is 89.7. The number of carboxylic acid groups (broad SMARTS) is 4. The van der Waals surface area contributed by atoms with Gasteiger partial charge in [0.1, 0.15) is 23.3 Å². The summed E-state index contributed by atoms with van der Waals surface area (Å²) in [6.45, 7) is 18.3. The summed E-state index contributed by atoms with van der Waals surface area (Å²) in [7, 11) is 4.83. The zero-order valence-corrected chi connectivity index (χ0v) is 80.0. The molecule has 0 atom stereocenters. The molecule has 0 saturated heterocycles. The van der Waals surface area contributed by atoms with Gasteiger partial charge in [-0.2, -0.15) is 5.26 Å². The maximum atomic E-state index is 10.9. The fourth-order valence-electron chi connectivity index (χ4n) is 17.7. The summed E-state index contributed by atoms with van der Waals surface area (Å²) < 4.78 is 16.0. The van der Waals surface area contributed by atoms with Crippen LogP contribution in [0, 0.1) is 24.8 Å². The first-order valence-electron chi connectivity index (χ1n) is 44.3. The molecule has 4 N–H and O–H groups in total. The van der Waals surface area contributed by atoms with Gasteiger partial charge in [-0.25, -0.2) is 24.0 Å². The van der Waals surface area contributed by atoms with E-state index in [1.54, 1.807) is 57.8 Å². The highest BCUT2D eigenvalue weighted by molar-refractivity contribution is 6.52. The number of nitrogens with zero attached hydrogens (tertiary/aromatic N) is 2. The van der Waals surface area contributed by atoms with Crippen LogP contribution in [0.4, 0.5) is 5.69 Å². The van der Waals surface area contributed by atoms with Gasteiger partial charge in [0.05, 0.1) is 53.6 Å². The Kier molecular flexibility index (Phi) is 33.6. The second kappa shape index (κ2) is 46.3. The number of ether oxygens (including phenoxy) is 3. The first kappa shape index (κ1) is 98.7. The Balaban J connectivity index is 0.000000153. The second-order valence-electron chi connectivity index (χ2n) is 32.2. The molecular weight excluding hydrogens is 1800 g/mol. The van der Waals surface area contributed by atoms with Crippen LogP contribution in [-0.2, 0) is 44.9 Å². The summed E-state index contributed by atoms with van der Waals surface area (Å²) in [4.78, 5) is 47.4. The van der Waals surface area contributed by atoms with Gasteiger partial charge >= 0.3 is 23.9 Å². The summed E-state index contributed by atoms with van der Waals surface area (Å²) in [6.07, 6.45) is 19.1. The second-order valence-corrected chi connectivity index (χ2v) is 34.3. The molecule has 0 radical (unpaired) electrons. The molecule has 0 bridgehead atoms. The number of carbonyl (C=O) groups is 4. The third-order valence-corrected chi connectivity index (χ3v) is 25.8. The molecule has 0 amide bonds. The highest BCUT2D eigenvalue weighted by atomic mass is 35.5. The lowest BCUT2D eigenvalue weighted by Crippen LogP contribution is -1.99. The van der Waals surface area contributed by atoms with E-state index in [-0.39, 0.29) is 0 Å². The molecule has 136 heavy (non-hydrogen) atoms. The Labute approximate surface area is 818 Å². The van der Waals surface area contributed by atoms with Gasteiger partial charge in [0, 0.05) is 48.6 Å². The van der Waals surface area contributed by atoms with E-state index in [1.807, 2.05) is 200 Å². The Morgan fingerprint density at radius 3 is 1.08 bits per heavy atom. The van der Waals surface area contributed by atoms with Crippen molar-refractivity contribution in [2.24, 2.45) is 0 Å². The van der Waals surface area contributed by atoms with Crippen LogP contribution in [0.3, 0.4) is 0 Å². The summed E-state index contributed by atoms with van der Waals surface area (Å²) >= 11 is 33.6. The standard InChI is InChI=1S/2C30H24ClNO3.C29H24Cl2O2.C29H25ClO3/c1-4-23(25-15-14-22(35-3)18-27(25)32-2)29(20-12-9-19(10-13-20)11-16-28(33)34)26-17-21-7-5-6-8-24(21)30(26)31;1-3-23(25-14-13-22(35-2)17-28(25)31)30(20-11-8-19(9-12-20)10-15-29(33)34)26-16-21-6-4-5-7-24(21)27(26)18-32;1-3-23(24-14-13-22(30)16-18(24)2)28(20-11-8-19(9-12-20)10-15-27(32)33)26-17-21-6-4-5-7-25(21)29(26)31;1-3-25(26-14-13-24(33-2)18-27(26)30)29(23-16-21-6-4-5-7-22(21)17-23)20-11-8-19(9-12-20)10-15-28(31)32/h5-16,18H,4,17H2,1,3H3,(H,33,34);4-15,17H,3,16H2,1-2H3,(H,33,34);4-16H,3,17H2,1-2H3,(H,32,33);4-16,18H,3,17H2,1-2H3,(H,31,32)/b16-11+,29-23+;15-10+,30-23+;15-10+,28-23+;15-10+,29-25+. The van der Waals surface area contributed by atoms with Crippen molar-refractivity contribution in [3.8, 4) is 23.3 Å². The molecule has 0 aromatic heterocycles. The van der Waals surface area contributed by atoms with E-state index in [4.69, 9.17) is 99.2 Å². The van der Waals surface area contributed by atoms with Gasteiger partial charge in [0.2, 0.25) is 0 Å². The van der Waals surface area contributed by atoms with Gasteiger partial charge in [-0.1, -0.05) is 298 Å². The van der Waals surface area contributed by atoms with Crippen LogP contribution in [0.2, 0.25) is 15.1 Å². The molecular formula is C118H97Cl5N2O11. The van der Waals surface area contributed by atoms with Gasteiger partial charge in [-0.3, -0.25) is 0 Å². The number of nitriles is 1. The Bertz CT molecular complexity index is 7140. The Morgan fingerprint density at radius 2 is 0.713 bits per heavy atom. The maximum absolute atomic E-state index is 10.9. The third kappa shape index (κ3) is 23.3. The van der Waals surface area contributed by atoms with Crippen molar-refractivity contribution in [1.82, 2.24) is 0 Å². The van der Waals surface area contributed by atoms with E-state index in [1.165, 1.54) is 33.4 Å². The zero-order valence-electron chi connectivity index (χ0n) is 76.2. The van der Waals surface area contributed by atoms with Gasteiger partial charge in [-0.05, 0) is 308 Å². The molecule has 16 rings (SSSR count). The molecule has 0 aliphatic heterocycles. The van der Waals surface area contributed by atoms with E-state index in [0.29, 0.717) is 68.5 Å². The predicted octanol–water partition coefficient (Wildman–Crippen LogP) is 30.9. The van der Waals surface area contributed by atoms with Gasteiger partial charge in [0.25, 0.3) is 0 Å². The van der Waals surface area contributed by atoms with Crippen molar-refractivity contribution >= 4 is 178 Å². The lowest BCUT2D eigenvalue weighted by atomic mass is 9.85. The molecule has 0 spiro atoms. The average Bonchev–Trinajstić information content (AvgIpc) is 1.60. The molecule has 680 valence electrons. The lowest BCUT2D eigenvalue weighted by molar-refractivity contribution is -0.132. The topological polar surface area (TPSA) is 205 Å². The first-order chi connectivity index (χ1) is 65.8. The van der Waals surface area contributed by atoms with Crippen LogP contribution in [0.1, 0.15) is 170 Å². The fourth-order valence-corrected chi connectivity index (χ4v) is 19.2. The number of rotatable bonds is 27. The quantitative estimate of drug-likeness (QED) is 0.0216. The Morgan fingerprint density at radius 1 is 0.382 bits per heavy atom. The summed E-state index contributed by atoms with van der Waals surface area (Å²) in [5, 5.41) is 49.3. The third-order valence-electron chi connectivity index (χ3n) is 24.1. The van der Waals surface area contributed by atoms with E-state index in [9.17, 15) is 24.4 Å². The molecule has 13 nitrogen and oxygen atoms in total. The van der Waals surface area contributed by atoms with Crippen LogP contribution < -0.4 is 14.2 Å². The van der Waals surface area contributed by atoms with E-state index >= 15 is 0 Å². The van der Waals surface area contributed by atoms with Crippen molar-refractivity contribution < 1.29 is 53.8 Å². The highest BCUT2D eigenvalue weighted by Gasteiger charge is 2.32. The minimum atomic E-state index is -0.996. The maximum Gasteiger partial charge on any atom is 0.328 e. The smallest absolute Gasteiger partial charge is 0.328 e. The molecule has 12 aromatic carbocycles. The number of aliphatic carboxylic acids is 4. The number of hydrogen-bond acceptors (Lipinski definition) is 8. The van der Waals surface area contributed by atoms with E-state index in [2.05, 4.69) is 106 Å². The highest BCUT2D eigenvalue weighted by Crippen LogP contribution is 2.52. The van der Waals surface area contributed by atoms with Gasteiger partial charge in [-0.15, -0.1) is 0 Å². The van der Waals surface area contributed by atoms with Gasteiger partial charge in [0.15, 0.2) is 5.69 Å². The number of allylic oxidation sites excluding steroid dienone is 13. The van der Waals surface area contributed by atoms with Crippen LogP contribution in [0.15, 0.2) is 314 Å². The van der Waals surface area contributed by atoms with Crippen molar-refractivity contribution in [3.63, 3.8) is 0 Å². The number of methoxy groups -OCH3 is 3. The molecule has 12 aromatic rings. The molecule has 18 heteroatoms. The summed E-state index contributed by atoms with van der Waals surface area (Å²) in [5.41, 5.74) is 35.6. The first-order valence-corrected chi connectivity index (χ1v) is 46.1. The fraction of sp³-hybridized carbons (Fsp3) is 0.136. The minimum absolute atomic E-state index is 0.520. The number of hydrogen-bond donors (Lipinski definition) is 4. The molecule has 0 saturated carbocycles. The predicted molar refractivity (Wildman–Crippen MR) is 559 cm³/mol. The lowest BCUT2D eigenvalue weighted by Gasteiger charge is -2.19. The number of halogens is 5. The number of carboxylic acids is 4. The van der Waals surface area contributed by atoms with Crippen molar-refractivity contribution in [3.05, 3.63) is 457 Å². The largest absolute Gasteiger partial charge is 0.498 e. The average molecular weight is 1900 g/mol. The van der Waals surface area contributed by atoms with Gasteiger partial charge < -0.3 is 34.6 Å². The van der Waals surface area contributed by atoms with Crippen LogP contribution in [-0.4, -0.2) is 65.6 Å². The molecule has 0 unspecified atom stereocenters. The van der Waals surface area contributed by atoms with Crippen LogP contribution in [0.5, 0.6) is 17.2 Å². The van der Waals surface area contributed by atoms with Crippen LogP contribution >= 0.6 is 58.0 Å². The van der Waals surface area contributed by atoms with E-state index < -0.39 is 23.9 Å². The van der Waals surface area contributed by atoms with Crippen molar-refractivity contribution in [2.75, 3.05) is 21.3 Å². The Hall–Kier alpha value is -14.8. The molecule has 0 heterocycles. The van der Waals surface area contributed by atoms with Crippen molar-refractivity contribution in [1.29, 1.82) is 5.26 Å². The normalized spacial score (nSPS) is 13.6. The number of benzene rings is 12. The minimum Gasteiger partial charge on any atom is -0.498 e. The SMILES string of the molecule is CC/C(=C(\C1=C(C#N)c2ccccc2C1)c1ccc(/C=C/C(=O)O)cc1)c1ccc(OC)cc1Cl.CC/C(=C(\C1=C(Cl)c2ccccc2C1)c1ccc(/C=C/C(=O)O)cc1)c1ccc(Cl)cc1C.CC/C(=C(\C1=Cc2ccccc2C1)c1ccc(/C=C/C(=O)O)cc1)c1ccc(OC)cc1Cl.[C-]#[N+]c1cc(OC)ccc1/C(CC)=C(/C1=C(Cl)c2ccccc2C1)c1ccc(/C=C/C(=O)O)cc1. The molecule has 4 aliphatic rings. The molecule has 4 aliphatic carbocycles.